The standard InChI is InChI=1S/C18H17ClN4O2.C6H7N/c1-10-7-18(16(24)23(2)17(20)22-18)14-6-11(3-4-15(14)25-10)12-5-13(19)9-21-8-12;1-6-4-2-3-5-7-6/h3-6,8-10H,7H2,1-2H3,(H2,20,22);2-5H,1H3. The van der Waals surface area contributed by atoms with Crippen LogP contribution in [0.1, 0.15) is 24.6 Å². The number of nitrogens with two attached hydrogens (primary N) is 1. The maximum absolute atomic E-state index is 12.9. The van der Waals surface area contributed by atoms with Crippen molar-refractivity contribution in [3.05, 3.63) is 77.3 Å². The van der Waals surface area contributed by atoms with Gasteiger partial charge in [0.1, 0.15) is 5.75 Å². The van der Waals surface area contributed by atoms with E-state index in [2.05, 4.69) is 15.0 Å². The maximum Gasteiger partial charge on any atom is 0.261 e. The van der Waals surface area contributed by atoms with Gasteiger partial charge in [0.05, 0.1) is 11.1 Å². The molecule has 0 saturated carbocycles. The Balaban J connectivity index is 0.000000300. The molecule has 1 spiro atoms. The van der Waals surface area contributed by atoms with E-state index >= 15 is 0 Å². The number of nitrogens with zero attached hydrogens (tertiary/aromatic N) is 4. The Morgan fingerprint density at radius 2 is 2.00 bits per heavy atom. The fraction of sp³-hybridized carbons (Fsp3) is 0.250. The van der Waals surface area contributed by atoms with Gasteiger partial charge in [0.25, 0.3) is 5.91 Å². The van der Waals surface area contributed by atoms with Crippen molar-refractivity contribution in [3.8, 4) is 16.9 Å². The topological polar surface area (TPSA) is 93.7 Å². The first-order valence-electron chi connectivity index (χ1n) is 10.2. The quantitative estimate of drug-likeness (QED) is 0.607. The zero-order chi connectivity index (χ0) is 22.9. The van der Waals surface area contributed by atoms with Crippen LogP contribution in [-0.2, 0) is 10.3 Å². The van der Waals surface area contributed by atoms with Crippen molar-refractivity contribution in [2.75, 3.05) is 7.05 Å². The van der Waals surface area contributed by atoms with Gasteiger partial charge in [-0.15, -0.1) is 0 Å². The lowest BCUT2D eigenvalue weighted by Crippen LogP contribution is -2.45. The third-order valence-electron chi connectivity index (χ3n) is 5.49. The molecule has 2 aromatic heterocycles. The first-order valence-corrected chi connectivity index (χ1v) is 10.6. The minimum Gasteiger partial charge on any atom is -0.490 e. The van der Waals surface area contributed by atoms with Crippen molar-refractivity contribution in [1.82, 2.24) is 14.9 Å². The number of aliphatic imine (C=N–C) groups is 1. The average molecular weight is 450 g/mol. The van der Waals surface area contributed by atoms with Crippen molar-refractivity contribution < 1.29 is 9.53 Å². The normalized spacial score (nSPS) is 21.4. The van der Waals surface area contributed by atoms with E-state index in [1.165, 1.54) is 4.90 Å². The Bertz CT molecular complexity index is 1180. The molecule has 2 unspecified atom stereocenters. The summed E-state index contributed by atoms with van der Waals surface area (Å²) in [6.07, 6.45) is 5.40. The Kier molecular flexibility index (Phi) is 5.84. The molecule has 0 fully saturated rings. The van der Waals surface area contributed by atoms with Crippen LogP contribution in [0.25, 0.3) is 11.1 Å². The van der Waals surface area contributed by atoms with Gasteiger partial charge in [0, 0.05) is 48.9 Å². The van der Waals surface area contributed by atoms with Crippen LogP contribution >= 0.6 is 11.6 Å². The van der Waals surface area contributed by atoms with Crippen LogP contribution in [0.5, 0.6) is 5.75 Å². The van der Waals surface area contributed by atoms with E-state index in [-0.39, 0.29) is 18.0 Å². The first kappa shape index (κ1) is 21.8. The molecule has 2 atom stereocenters. The Hall–Kier alpha value is -3.45. The van der Waals surface area contributed by atoms with Crippen molar-refractivity contribution in [3.63, 3.8) is 0 Å². The molecule has 0 aliphatic carbocycles. The second-order valence-corrected chi connectivity index (χ2v) is 8.34. The van der Waals surface area contributed by atoms with Crippen LogP contribution in [-0.4, -0.2) is 39.9 Å². The largest absolute Gasteiger partial charge is 0.490 e. The Morgan fingerprint density at radius 1 is 1.19 bits per heavy atom. The van der Waals surface area contributed by atoms with Crippen molar-refractivity contribution in [2.45, 2.75) is 31.9 Å². The highest BCUT2D eigenvalue weighted by Gasteiger charge is 2.52. The zero-order valence-corrected chi connectivity index (χ0v) is 18.9. The minimum atomic E-state index is -1.03. The van der Waals surface area contributed by atoms with E-state index in [1.54, 1.807) is 25.6 Å². The van der Waals surface area contributed by atoms with E-state index in [4.69, 9.17) is 22.1 Å². The third-order valence-corrected chi connectivity index (χ3v) is 5.70. The average Bonchev–Trinajstić information content (AvgIpc) is 2.98. The van der Waals surface area contributed by atoms with Crippen LogP contribution in [0.3, 0.4) is 0 Å². The van der Waals surface area contributed by atoms with Gasteiger partial charge in [-0.1, -0.05) is 23.7 Å². The summed E-state index contributed by atoms with van der Waals surface area (Å²) >= 11 is 6.05. The molecule has 5 rings (SSSR count). The first-order chi connectivity index (χ1) is 15.3. The lowest BCUT2D eigenvalue weighted by atomic mass is 9.81. The molecule has 164 valence electrons. The van der Waals surface area contributed by atoms with E-state index in [0.717, 1.165) is 22.4 Å². The summed E-state index contributed by atoms with van der Waals surface area (Å²) in [5.41, 5.74) is 8.45. The van der Waals surface area contributed by atoms with Crippen LogP contribution in [0.4, 0.5) is 0 Å². The van der Waals surface area contributed by atoms with Crippen LogP contribution < -0.4 is 10.5 Å². The van der Waals surface area contributed by atoms with Gasteiger partial charge in [-0.05, 0) is 49.7 Å². The van der Waals surface area contributed by atoms with Gasteiger partial charge in [0.15, 0.2) is 11.5 Å². The van der Waals surface area contributed by atoms with Gasteiger partial charge in [-0.2, -0.15) is 0 Å². The third kappa shape index (κ3) is 4.03. The molecule has 7 nitrogen and oxygen atoms in total. The highest BCUT2D eigenvalue weighted by Crippen LogP contribution is 2.46. The van der Waals surface area contributed by atoms with E-state index in [0.29, 0.717) is 17.2 Å². The second-order valence-electron chi connectivity index (χ2n) is 7.90. The number of likely N-dealkylation sites (N-methyl/N-ethyl adjacent to an activating group) is 1. The van der Waals surface area contributed by atoms with Crippen LogP contribution in [0.15, 0.2) is 66.0 Å². The molecule has 1 aromatic carbocycles. The zero-order valence-electron chi connectivity index (χ0n) is 18.1. The minimum absolute atomic E-state index is 0.136. The van der Waals surface area contributed by atoms with Crippen LogP contribution in [0.2, 0.25) is 5.02 Å². The number of hydrogen-bond donors (Lipinski definition) is 1. The van der Waals surface area contributed by atoms with Crippen molar-refractivity contribution in [2.24, 2.45) is 10.7 Å². The van der Waals surface area contributed by atoms with Gasteiger partial charge in [0.2, 0.25) is 0 Å². The fourth-order valence-electron chi connectivity index (χ4n) is 3.95. The number of aryl methyl sites for hydroxylation is 1. The summed E-state index contributed by atoms with van der Waals surface area (Å²) in [6.45, 7) is 3.90. The molecule has 2 aliphatic heterocycles. The molecule has 8 heteroatoms. The number of carbonyl (C=O) groups excluding carboxylic acids is 1. The molecule has 0 radical (unpaired) electrons. The van der Waals surface area contributed by atoms with Crippen molar-refractivity contribution >= 4 is 23.5 Å². The summed E-state index contributed by atoms with van der Waals surface area (Å²) in [7, 11) is 1.64. The van der Waals surface area contributed by atoms with Gasteiger partial charge in [-0.25, -0.2) is 4.99 Å². The summed E-state index contributed by atoms with van der Waals surface area (Å²) in [6, 6.07) is 13.4. The van der Waals surface area contributed by atoms with Gasteiger partial charge in [-0.3, -0.25) is 19.7 Å². The van der Waals surface area contributed by atoms with E-state index < -0.39 is 5.54 Å². The van der Waals surface area contributed by atoms with Crippen molar-refractivity contribution in [1.29, 1.82) is 0 Å². The molecular formula is C24H24ClN5O2. The highest BCUT2D eigenvalue weighted by atomic mass is 35.5. The molecule has 2 N–H and O–H groups in total. The number of pyridine rings is 2. The molecule has 1 amide bonds. The van der Waals surface area contributed by atoms with E-state index in [1.807, 2.05) is 56.3 Å². The lowest BCUT2D eigenvalue weighted by Gasteiger charge is -2.35. The SMILES string of the molecule is CC1CC2(N=C(N)N(C)C2=O)c2cc(-c3cncc(Cl)c3)ccc2O1.Cc1ccccn1. The number of hydrogen-bond acceptors (Lipinski definition) is 6. The second kappa shape index (κ2) is 8.59. The van der Waals surface area contributed by atoms with Crippen LogP contribution in [0, 0.1) is 6.92 Å². The smallest absolute Gasteiger partial charge is 0.261 e. The van der Waals surface area contributed by atoms with E-state index in [9.17, 15) is 4.79 Å². The number of guanidine groups is 1. The highest BCUT2D eigenvalue weighted by molar-refractivity contribution is 6.30. The monoisotopic (exact) mass is 449 g/mol. The molecule has 32 heavy (non-hydrogen) atoms. The molecule has 2 aliphatic rings. The number of halogens is 1. The molecule has 4 heterocycles. The number of aromatic nitrogens is 2. The number of benzene rings is 1. The molecule has 0 bridgehead atoms. The maximum atomic E-state index is 12.9. The molecule has 0 saturated heterocycles. The number of carbonyl (C=O) groups is 1. The predicted octanol–water partition coefficient (Wildman–Crippen LogP) is 3.95. The lowest BCUT2D eigenvalue weighted by molar-refractivity contribution is -0.132. The number of amides is 1. The summed E-state index contributed by atoms with van der Waals surface area (Å²) < 4.78 is 5.93. The number of rotatable bonds is 1. The van der Waals surface area contributed by atoms with Gasteiger partial charge >= 0.3 is 0 Å². The molecular weight excluding hydrogens is 426 g/mol. The predicted molar refractivity (Wildman–Crippen MR) is 124 cm³/mol. The number of ether oxygens (including phenoxy) is 1. The Morgan fingerprint density at radius 3 is 2.59 bits per heavy atom. The number of fused-ring (bicyclic) bond motifs is 2. The summed E-state index contributed by atoms with van der Waals surface area (Å²) in [5, 5.41) is 0.550. The Labute approximate surface area is 191 Å². The fourth-order valence-corrected chi connectivity index (χ4v) is 4.12. The molecule has 3 aromatic rings. The summed E-state index contributed by atoms with van der Waals surface area (Å²) in [4.78, 5) is 27.0. The summed E-state index contributed by atoms with van der Waals surface area (Å²) in [5.74, 6) is 0.736. The van der Waals surface area contributed by atoms with Gasteiger partial charge < -0.3 is 10.5 Å².